The monoisotopic (exact) mass is 372 g/mol. The first-order chi connectivity index (χ1) is 13.0. The number of hydroxylamine groups is 2. The second kappa shape index (κ2) is 8.18. The Morgan fingerprint density at radius 2 is 2.00 bits per heavy atom. The van der Waals surface area contributed by atoms with Gasteiger partial charge in [0.05, 0.1) is 13.0 Å². The lowest BCUT2D eigenvalue weighted by Gasteiger charge is -2.19. The van der Waals surface area contributed by atoms with Crippen LogP contribution in [0.3, 0.4) is 0 Å². The molecule has 1 aliphatic rings. The number of anilines is 1. The first-order valence-corrected chi connectivity index (χ1v) is 8.57. The van der Waals surface area contributed by atoms with Crippen LogP contribution >= 0.6 is 0 Å². The van der Waals surface area contributed by atoms with Gasteiger partial charge in [0.1, 0.15) is 18.2 Å². The molecule has 2 amide bonds. The van der Waals surface area contributed by atoms with Crippen LogP contribution in [0.25, 0.3) is 0 Å². The Bertz CT molecular complexity index is 825. The molecule has 0 bridgehead atoms. The maximum atomic E-state index is 13.2. The summed E-state index contributed by atoms with van der Waals surface area (Å²) in [6.45, 7) is 0.564. The number of nitrogens with zero attached hydrogens (tertiary/aromatic N) is 2. The average molecular weight is 372 g/mol. The Morgan fingerprint density at radius 1 is 1.26 bits per heavy atom. The number of halogens is 1. The average Bonchev–Trinajstić information content (AvgIpc) is 3.07. The summed E-state index contributed by atoms with van der Waals surface area (Å²) in [5.74, 6) is -0.440. The van der Waals surface area contributed by atoms with Gasteiger partial charge in [0, 0.05) is 25.7 Å². The van der Waals surface area contributed by atoms with Crippen molar-refractivity contribution in [1.82, 2.24) is 5.06 Å². The van der Waals surface area contributed by atoms with Crippen molar-refractivity contribution >= 4 is 17.5 Å². The molecule has 0 saturated carbocycles. The van der Waals surface area contributed by atoms with E-state index in [1.807, 2.05) is 0 Å². The van der Waals surface area contributed by atoms with E-state index in [4.69, 9.17) is 9.57 Å². The fraction of sp³-hybridized carbons (Fsp3) is 0.300. The molecule has 0 radical (unpaired) electrons. The third-order valence-corrected chi connectivity index (χ3v) is 4.50. The van der Waals surface area contributed by atoms with Gasteiger partial charge < -0.3 is 9.64 Å². The third-order valence-electron chi connectivity index (χ3n) is 4.50. The molecule has 7 heteroatoms. The van der Waals surface area contributed by atoms with E-state index in [1.165, 1.54) is 26.3 Å². The summed E-state index contributed by atoms with van der Waals surface area (Å²) < 4.78 is 18.8. The van der Waals surface area contributed by atoms with Crippen molar-refractivity contribution in [2.45, 2.75) is 13.0 Å². The molecule has 1 fully saturated rings. The van der Waals surface area contributed by atoms with Crippen LogP contribution in [0.1, 0.15) is 12.0 Å². The van der Waals surface area contributed by atoms with E-state index in [-0.39, 0.29) is 30.7 Å². The highest BCUT2D eigenvalue weighted by Crippen LogP contribution is 2.28. The number of rotatable bonds is 6. The number of hydrogen-bond donors (Lipinski definition) is 0. The van der Waals surface area contributed by atoms with Crippen molar-refractivity contribution in [3.05, 3.63) is 59.9 Å². The zero-order valence-electron chi connectivity index (χ0n) is 15.2. The lowest BCUT2D eigenvalue weighted by atomic mass is 10.1. The molecule has 3 rings (SSSR count). The number of hydrogen-bond acceptors (Lipinski definition) is 4. The van der Waals surface area contributed by atoms with Gasteiger partial charge in [-0.1, -0.05) is 12.1 Å². The third kappa shape index (κ3) is 4.43. The summed E-state index contributed by atoms with van der Waals surface area (Å²) in [6, 6.07) is 13.3. The van der Waals surface area contributed by atoms with Crippen molar-refractivity contribution in [2.75, 3.05) is 25.6 Å². The number of amides is 2. The molecule has 0 aromatic heterocycles. The van der Waals surface area contributed by atoms with Gasteiger partial charge in [0.2, 0.25) is 5.91 Å². The summed E-state index contributed by atoms with van der Waals surface area (Å²) in [5, 5.41) is 1.14. The van der Waals surface area contributed by atoms with E-state index in [0.717, 1.165) is 10.6 Å². The molecular weight excluding hydrogens is 351 g/mol. The summed E-state index contributed by atoms with van der Waals surface area (Å²) >= 11 is 0. The highest BCUT2D eigenvalue weighted by molar-refractivity contribution is 6.00. The molecule has 1 saturated heterocycles. The fourth-order valence-electron chi connectivity index (χ4n) is 2.99. The van der Waals surface area contributed by atoms with Gasteiger partial charge in [-0.3, -0.25) is 14.4 Å². The fourth-order valence-corrected chi connectivity index (χ4v) is 2.99. The maximum absolute atomic E-state index is 13.2. The minimum Gasteiger partial charge on any atom is -0.489 e. The predicted molar refractivity (Wildman–Crippen MR) is 97.4 cm³/mol. The molecule has 1 aliphatic heterocycles. The Labute approximate surface area is 157 Å². The molecule has 27 heavy (non-hydrogen) atoms. The van der Waals surface area contributed by atoms with Gasteiger partial charge in [-0.15, -0.1) is 0 Å². The molecule has 142 valence electrons. The lowest BCUT2D eigenvalue weighted by Crippen LogP contribution is -2.34. The second-order valence-corrected chi connectivity index (χ2v) is 6.34. The number of carbonyl (C=O) groups is 2. The van der Waals surface area contributed by atoms with E-state index in [2.05, 4.69) is 0 Å². The molecule has 1 atom stereocenters. The Hall–Kier alpha value is -2.93. The Morgan fingerprint density at radius 3 is 2.67 bits per heavy atom. The molecule has 2 aromatic rings. The van der Waals surface area contributed by atoms with Crippen molar-refractivity contribution in [1.29, 1.82) is 0 Å². The SMILES string of the molecule is CON(C)C(=O)C1CC(=O)N(c2ccc(OCc3cccc(F)c3)cc2)C1. The first kappa shape index (κ1) is 18.8. The maximum Gasteiger partial charge on any atom is 0.251 e. The molecule has 0 aliphatic carbocycles. The second-order valence-electron chi connectivity index (χ2n) is 6.34. The molecule has 1 heterocycles. The minimum atomic E-state index is -0.425. The van der Waals surface area contributed by atoms with E-state index >= 15 is 0 Å². The summed E-state index contributed by atoms with van der Waals surface area (Å²) in [5.41, 5.74) is 1.44. The zero-order valence-corrected chi connectivity index (χ0v) is 15.2. The van der Waals surface area contributed by atoms with Gasteiger partial charge in [0.15, 0.2) is 0 Å². The van der Waals surface area contributed by atoms with Crippen molar-refractivity contribution in [3.63, 3.8) is 0 Å². The van der Waals surface area contributed by atoms with Crippen LogP contribution in [-0.4, -0.2) is 37.6 Å². The topological polar surface area (TPSA) is 59.1 Å². The quantitative estimate of drug-likeness (QED) is 0.732. The summed E-state index contributed by atoms with van der Waals surface area (Å²) in [4.78, 5) is 30.9. The summed E-state index contributed by atoms with van der Waals surface area (Å²) in [7, 11) is 2.94. The Balaban J connectivity index is 1.61. The van der Waals surface area contributed by atoms with Crippen LogP contribution in [0.4, 0.5) is 10.1 Å². The van der Waals surface area contributed by atoms with Crippen molar-refractivity contribution in [2.24, 2.45) is 5.92 Å². The van der Waals surface area contributed by atoms with Crippen LogP contribution in [0, 0.1) is 11.7 Å². The Kier molecular flexibility index (Phi) is 5.71. The van der Waals surface area contributed by atoms with Gasteiger partial charge >= 0.3 is 0 Å². The molecule has 6 nitrogen and oxygen atoms in total. The standard InChI is InChI=1S/C20H21FN2O4/c1-22(26-2)20(25)15-11-19(24)23(12-15)17-6-8-18(9-7-17)27-13-14-4-3-5-16(21)10-14/h3-10,15H,11-13H2,1-2H3. The smallest absolute Gasteiger partial charge is 0.251 e. The molecule has 0 spiro atoms. The van der Waals surface area contributed by atoms with Crippen LogP contribution in [0.5, 0.6) is 5.75 Å². The van der Waals surface area contributed by atoms with Gasteiger partial charge in [0.25, 0.3) is 5.91 Å². The molecule has 1 unspecified atom stereocenters. The van der Waals surface area contributed by atoms with E-state index in [9.17, 15) is 14.0 Å². The van der Waals surface area contributed by atoms with E-state index < -0.39 is 5.92 Å². The molecular formula is C20H21FN2O4. The first-order valence-electron chi connectivity index (χ1n) is 8.57. The number of carbonyl (C=O) groups excluding carboxylic acids is 2. The number of ether oxygens (including phenoxy) is 1. The number of benzene rings is 2. The van der Waals surface area contributed by atoms with E-state index in [1.54, 1.807) is 41.3 Å². The van der Waals surface area contributed by atoms with Crippen LogP contribution < -0.4 is 9.64 Å². The van der Waals surface area contributed by atoms with E-state index in [0.29, 0.717) is 18.0 Å². The van der Waals surface area contributed by atoms with Crippen LogP contribution in [0.15, 0.2) is 48.5 Å². The van der Waals surface area contributed by atoms with Gasteiger partial charge in [-0.05, 0) is 42.0 Å². The van der Waals surface area contributed by atoms with Gasteiger partial charge in [-0.25, -0.2) is 9.45 Å². The van der Waals surface area contributed by atoms with Crippen molar-refractivity contribution < 1.29 is 23.6 Å². The van der Waals surface area contributed by atoms with Crippen LogP contribution in [0.2, 0.25) is 0 Å². The van der Waals surface area contributed by atoms with Gasteiger partial charge in [-0.2, -0.15) is 0 Å². The largest absolute Gasteiger partial charge is 0.489 e. The molecule has 0 N–H and O–H groups in total. The zero-order chi connectivity index (χ0) is 19.4. The normalized spacial score (nSPS) is 16.5. The highest BCUT2D eigenvalue weighted by atomic mass is 19.1. The predicted octanol–water partition coefficient (Wildman–Crippen LogP) is 2.78. The van der Waals surface area contributed by atoms with Crippen LogP contribution in [-0.2, 0) is 21.0 Å². The summed E-state index contributed by atoms with van der Waals surface area (Å²) in [6.07, 6.45) is 0.157. The lowest BCUT2D eigenvalue weighted by molar-refractivity contribution is -0.172. The highest BCUT2D eigenvalue weighted by Gasteiger charge is 2.36. The van der Waals surface area contributed by atoms with Crippen molar-refractivity contribution in [3.8, 4) is 5.75 Å². The minimum absolute atomic E-state index is 0.105. The molecule has 2 aromatic carbocycles.